The summed E-state index contributed by atoms with van der Waals surface area (Å²) in [5.74, 6) is -0.0511. The van der Waals surface area contributed by atoms with Crippen LogP contribution >= 0.6 is 0 Å². The highest BCUT2D eigenvalue weighted by molar-refractivity contribution is 5.99. The smallest absolute Gasteiger partial charge is 0.249 e. The molecule has 3 heterocycles. The Kier molecular flexibility index (Phi) is 7.29. The third kappa shape index (κ3) is 5.29. The zero-order valence-corrected chi connectivity index (χ0v) is 17.2. The summed E-state index contributed by atoms with van der Waals surface area (Å²) in [4.78, 5) is 32.9. The van der Waals surface area contributed by atoms with Crippen molar-refractivity contribution in [3.8, 4) is 0 Å². The van der Waals surface area contributed by atoms with E-state index in [1.165, 1.54) is 6.20 Å². The first-order chi connectivity index (χ1) is 14.5. The zero-order valence-electron chi connectivity index (χ0n) is 17.2. The SMILES string of the molecule is C=C/C=C(\C=C)C(=O)CN1CCC2(CC1)CN(Cc1ccc(CF)cn1)C(=O)CO2. The molecular formula is C23H28FN3O3. The third-order valence-electron chi connectivity index (χ3n) is 5.70. The van der Waals surface area contributed by atoms with E-state index in [-0.39, 0.29) is 18.3 Å². The number of Topliss-reactive ketones (excluding diaryl/α,β-unsaturated/α-hetero) is 1. The van der Waals surface area contributed by atoms with Crippen LogP contribution in [0, 0.1) is 0 Å². The maximum Gasteiger partial charge on any atom is 0.249 e. The molecule has 2 fully saturated rings. The van der Waals surface area contributed by atoms with Crippen LogP contribution in [0.4, 0.5) is 4.39 Å². The van der Waals surface area contributed by atoms with Gasteiger partial charge < -0.3 is 9.64 Å². The second kappa shape index (κ2) is 9.91. The Hall–Kier alpha value is -2.64. The molecule has 30 heavy (non-hydrogen) atoms. The molecule has 2 aliphatic rings. The van der Waals surface area contributed by atoms with Crippen LogP contribution in [0.2, 0.25) is 0 Å². The number of hydrogen-bond donors (Lipinski definition) is 0. The molecule has 0 aromatic carbocycles. The van der Waals surface area contributed by atoms with Crippen LogP contribution in [0.5, 0.6) is 0 Å². The highest BCUT2D eigenvalue weighted by Crippen LogP contribution is 2.31. The molecule has 1 spiro atoms. The molecule has 0 atom stereocenters. The van der Waals surface area contributed by atoms with Crippen molar-refractivity contribution in [2.75, 3.05) is 32.8 Å². The summed E-state index contributed by atoms with van der Waals surface area (Å²) in [6.07, 6.45) is 7.80. The van der Waals surface area contributed by atoms with Crippen LogP contribution in [-0.2, 0) is 27.5 Å². The molecular weight excluding hydrogens is 385 g/mol. The average Bonchev–Trinajstić information content (AvgIpc) is 2.77. The number of morpholine rings is 1. The first kappa shape index (κ1) is 22.1. The Morgan fingerprint density at radius 2 is 2.07 bits per heavy atom. The molecule has 1 aromatic heterocycles. The van der Waals surface area contributed by atoms with Gasteiger partial charge in [0.2, 0.25) is 5.91 Å². The fourth-order valence-electron chi connectivity index (χ4n) is 3.87. The van der Waals surface area contributed by atoms with Gasteiger partial charge in [0.25, 0.3) is 0 Å². The van der Waals surface area contributed by atoms with Crippen LogP contribution < -0.4 is 0 Å². The van der Waals surface area contributed by atoms with Crippen LogP contribution in [0.25, 0.3) is 0 Å². The van der Waals surface area contributed by atoms with E-state index in [9.17, 15) is 14.0 Å². The van der Waals surface area contributed by atoms with E-state index in [1.807, 2.05) is 0 Å². The van der Waals surface area contributed by atoms with Crippen molar-refractivity contribution in [3.05, 3.63) is 66.5 Å². The van der Waals surface area contributed by atoms with E-state index >= 15 is 0 Å². The second-order valence-corrected chi connectivity index (χ2v) is 7.77. The van der Waals surface area contributed by atoms with Gasteiger partial charge in [-0.2, -0.15) is 0 Å². The summed E-state index contributed by atoms with van der Waals surface area (Å²) in [7, 11) is 0. The predicted octanol–water partition coefficient (Wildman–Crippen LogP) is 2.61. The van der Waals surface area contributed by atoms with Gasteiger partial charge in [0.15, 0.2) is 5.78 Å². The number of carbonyl (C=O) groups is 2. The fraction of sp³-hybridized carbons (Fsp3) is 0.435. The van der Waals surface area contributed by atoms with Gasteiger partial charge >= 0.3 is 0 Å². The molecule has 0 unspecified atom stereocenters. The molecule has 7 heteroatoms. The number of rotatable bonds is 8. The minimum absolute atomic E-state index is 0.0185. The first-order valence-corrected chi connectivity index (χ1v) is 10.1. The minimum Gasteiger partial charge on any atom is -0.363 e. The van der Waals surface area contributed by atoms with Gasteiger partial charge in [0, 0.05) is 30.4 Å². The number of amides is 1. The molecule has 0 radical (unpaired) electrons. The predicted molar refractivity (Wildman–Crippen MR) is 112 cm³/mol. The van der Waals surface area contributed by atoms with Gasteiger partial charge in [-0.15, -0.1) is 0 Å². The lowest BCUT2D eigenvalue weighted by atomic mass is 9.89. The molecule has 0 saturated carbocycles. The average molecular weight is 413 g/mol. The fourth-order valence-corrected chi connectivity index (χ4v) is 3.87. The van der Waals surface area contributed by atoms with Crippen molar-refractivity contribution in [1.82, 2.24) is 14.8 Å². The molecule has 160 valence electrons. The maximum atomic E-state index is 12.7. The van der Waals surface area contributed by atoms with Gasteiger partial charge in [-0.1, -0.05) is 37.5 Å². The normalized spacial score (nSPS) is 19.7. The molecule has 2 saturated heterocycles. The maximum absolute atomic E-state index is 12.7. The number of carbonyl (C=O) groups excluding carboxylic acids is 2. The van der Waals surface area contributed by atoms with Gasteiger partial charge in [0.05, 0.1) is 30.9 Å². The largest absolute Gasteiger partial charge is 0.363 e. The van der Waals surface area contributed by atoms with Crippen LogP contribution in [0.15, 0.2) is 55.3 Å². The monoisotopic (exact) mass is 413 g/mol. The van der Waals surface area contributed by atoms with Crippen molar-refractivity contribution in [2.45, 2.75) is 31.7 Å². The van der Waals surface area contributed by atoms with Crippen LogP contribution in [-0.4, -0.2) is 64.9 Å². The Bertz CT molecular complexity index is 827. The van der Waals surface area contributed by atoms with Gasteiger partial charge in [-0.25, -0.2) is 4.39 Å². The summed E-state index contributed by atoms with van der Waals surface area (Å²) in [5, 5.41) is 0. The zero-order chi connectivity index (χ0) is 21.6. The Labute approximate surface area is 176 Å². The number of alkyl halides is 1. The number of piperidine rings is 1. The lowest BCUT2D eigenvalue weighted by molar-refractivity contribution is -0.172. The van der Waals surface area contributed by atoms with Crippen LogP contribution in [0.1, 0.15) is 24.1 Å². The number of hydrogen-bond acceptors (Lipinski definition) is 5. The molecule has 0 N–H and O–H groups in total. The highest BCUT2D eigenvalue weighted by atomic mass is 19.1. The van der Waals surface area contributed by atoms with Crippen molar-refractivity contribution in [2.24, 2.45) is 0 Å². The number of nitrogens with zero attached hydrogens (tertiary/aromatic N) is 3. The number of pyridine rings is 1. The minimum atomic E-state index is -0.552. The van der Waals surface area contributed by atoms with Crippen molar-refractivity contribution < 1.29 is 18.7 Å². The molecule has 2 aliphatic heterocycles. The van der Waals surface area contributed by atoms with Crippen molar-refractivity contribution >= 4 is 11.7 Å². The summed E-state index contributed by atoms with van der Waals surface area (Å²) in [5.41, 5.74) is 1.41. The third-order valence-corrected chi connectivity index (χ3v) is 5.70. The number of likely N-dealkylation sites (tertiary alicyclic amines) is 1. The van der Waals surface area contributed by atoms with E-state index in [2.05, 4.69) is 23.0 Å². The molecule has 0 bridgehead atoms. The molecule has 0 aliphatic carbocycles. The lowest BCUT2D eigenvalue weighted by Crippen LogP contribution is -2.58. The number of ether oxygens (including phenoxy) is 1. The number of halogens is 1. The highest BCUT2D eigenvalue weighted by Gasteiger charge is 2.42. The Morgan fingerprint density at radius 3 is 2.67 bits per heavy atom. The van der Waals surface area contributed by atoms with E-state index in [1.54, 1.807) is 35.3 Å². The van der Waals surface area contributed by atoms with Crippen molar-refractivity contribution in [1.29, 1.82) is 0 Å². The van der Waals surface area contributed by atoms with E-state index in [0.717, 1.165) is 31.6 Å². The molecule has 3 rings (SSSR count). The topological polar surface area (TPSA) is 62.7 Å². The van der Waals surface area contributed by atoms with E-state index in [0.29, 0.717) is 30.8 Å². The first-order valence-electron chi connectivity index (χ1n) is 10.1. The van der Waals surface area contributed by atoms with E-state index in [4.69, 9.17) is 4.74 Å². The quantitative estimate of drug-likeness (QED) is 0.484. The van der Waals surface area contributed by atoms with Crippen molar-refractivity contribution in [3.63, 3.8) is 0 Å². The Morgan fingerprint density at radius 1 is 1.30 bits per heavy atom. The number of allylic oxidation sites excluding steroid dienone is 3. The summed E-state index contributed by atoms with van der Waals surface area (Å²) < 4.78 is 18.6. The van der Waals surface area contributed by atoms with Crippen LogP contribution in [0.3, 0.4) is 0 Å². The number of ketones is 1. The van der Waals surface area contributed by atoms with Gasteiger partial charge in [-0.3, -0.25) is 19.5 Å². The summed E-state index contributed by atoms with van der Waals surface area (Å²) in [6, 6.07) is 3.45. The molecule has 1 amide bonds. The Balaban J connectivity index is 1.57. The summed E-state index contributed by atoms with van der Waals surface area (Å²) in [6.45, 7) is 9.45. The molecule has 1 aromatic rings. The van der Waals surface area contributed by atoms with Gasteiger partial charge in [0.1, 0.15) is 13.3 Å². The second-order valence-electron chi connectivity index (χ2n) is 7.77. The standard InChI is InChI=1S/C23H28FN3O3/c1-3-5-19(4-2)21(28)15-26-10-8-23(9-11-26)17-27(22(29)16-30-23)14-20-7-6-18(12-24)13-25-20/h3-7,13H,1-2,8-12,14-17H2/b19-5+. The number of aromatic nitrogens is 1. The lowest BCUT2D eigenvalue weighted by Gasteiger charge is -2.46. The van der Waals surface area contributed by atoms with E-state index < -0.39 is 12.3 Å². The van der Waals surface area contributed by atoms with Gasteiger partial charge in [-0.05, 0) is 18.9 Å². The summed E-state index contributed by atoms with van der Waals surface area (Å²) >= 11 is 0. The molecule has 6 nitrogen and oxygen atoms in total.